The van der Waals surface area contributed by atoms with E-state index in [0.717, 1.165) is 5.56 Å². The van der Waals surface area contributed by atoms with E-state index in [2.05, 4.69) is 10.3 Å². The second-order valence-corrected chi connectivity index (χ2v) is 7.54. The number of hydrogen-bond donors (Lipinski definition) is 1. The lowest BCUT2D eigenvalue weighted by Gasteiger charge is -2.11. The number of ether oxygens (including phenoxy) is 3. The first-order valence-electron chi connectivity index (χ1n) is 10.8. The van der Waals surface area contributed by atoms with Crippen molar-refractivity contribution in [1.29, 1.82) is 0 Å². The number of anilines is 1. The van der Waals surface area contributed by atoms with Gasteiger partial charge in [0.15, 0.2) is 5.76 Å². The number of amides is 1. The molecule has 0 fully saturated rings. The summed E-state index contributed by atoms with van der Waals surface area (Å²) < 4.78 is 20.6. The Kier molecular flexibility index (Phi) is 7.10. The molecule has 4 aromatic rings. The van der Waals surface area contributed by atoms with Crippen molar-refractivity contribution in [3.8, 4) is 28.5 Å². The van der Waals surface area contributed by atoms with Gasteiger partial charge in [0.1, 0.15) is 5.75 Å². The number of aromatic nitrogens is 1. The second-order valence-electron chi connectivity index (χ2n) is 7.54. The largest absolute Gasteiger partial charge is 0.497 e. The number of esters is 2. The number of carbonyl (C=O) groups is 3. The summed E-state index contributed by atoms with van der Waals surface area (Å²) in [5.74, 6) is -0.328. The number of oxazole rings is 1. The summed E-state index contributed by atoms with van der Waals surface area (Å²) in [5, 5.41) is 2.72. The maximum Gasteiger partial charge on any atom is 0.337 e. The normalized spacial score (nSPS) is 10.4. The van der Waals surface area contributed by atoms with Gasteiger partial charge in [-0.1, -0.05) is 12.1 Å². The molecule has 36 heavy (non-hydrogen) atoms. The van der Waals surface area contributed by atoms with E-state index in [0.29, 0.717) is 17.1 Å². The first-order chi connectivity index (χ1) is 17.4. The number of methoxy groups -OCH3 is 3. The van der Waals surface area contributed by atoms with Crippen LogP contribution >= 0.6 is 0 Å². The molecule has 0 aliphatic carbocycles. The zero-order valence-corrected chi connectivity index (χ0v) is 19.7. The molecule has 9 heteroatoms. The van der Waals surface area contributed by atoms with Crippen LogP contribution in [-0.2, 0) is 9.47 Å². The second kappa shape index (κ2) is 10.6. The van der Waals surface area contributed by atoms with E-state index in [-0.39, 0.29) is 28.3 Å². The summed E-state index contributed by atoms with van der Waals surface area (Å²) in [5.41, 5.74) is 1.92. The number of carbonyl (C=O) groups excluding carboxylic acids is 3. The van der Waals surface area contributed by atoms with Crippen LogP contribution in [0.15, 0.2) is 77.3 Å². The lowest BCUT2D eigenvalue weighted by molar-refractivity contribution is 0.0599. The summed E-state index contributed by atoms with van der Waals surface area (Å²) in [4.78, 5) is 41.7. The number of nitrogens with zero attached hydrogens (tertiary/aromatic N) is 1. The van der Waals surface area contributed by atoms with E-state index in [1.165, 1.54) is 32.4 Å². The third-order valence-electron chi connectivity index (χ3n) is 5.32. The number of rotatable bonds is 7. The highest BCUT2D eigenvalue weighted by molar-refractivity contribution is 6.09. The molecule has 0 saturated carbocycles. The Morgan fingerprint density at radius 1 is 0.833 bits per heavy atom. The standard InChI is InChI=1S/C27H22N2O7/c1-33-20-10-8-16(9-11-20)23-15-28-25(36-23)22-7-5-4-6-21(22)24(30)29-19-13-17(26(31)34-2)12-18(14-19)27(32)35-3/h4-15H,1-3H3,(H,29,30). The minimum absolute atomic E-state index is 0.0841. The fourth-order valence-corrected chi connectivity index (χ4v) is 3.52. The van der Waals surface area contributed by atoms with Gasteiger partial charge in [-0.05, 0) is 54.6 Å². The van der Waals surface area contributed by atoms with Crippen LogP contribution in [0.2, 0.25) is 0 Å². The molecule has 182 valence electrons. The van der Waals surface area contributed by atoms with Gasteiger partial charge in [0.05, 0.1) is 44.2 Å². The lowest BCUT2D eigenvalue weighted by Crippen LogP contribution is -2.15. The average Bonchev–Trinajstić information content (AvgIpc) is 3.42. The van der Waals surface area contributed by atoms with Gasteiger partial charge in [-0.25, -0.2) is 14.6 Å². The summed E-state index contributed by atoms with van der Waals surface area (Å²) in [6.07, 6.45) is 1.58. The van der Waals surface area contributed by atoms with Crippen molar-refractivity contribution in [1.82, 2.24) is 4.98 Å². The van der Waals surface area contributed by atoms with Crippen LogP contribution in [0.4, 0.5) is 5.69 Å². The molecule has 0 saturated heterocycles. The predicted octanol–water partition coefficient (Wildman–Crippen LogP) is 4.84. The van der Waals surface area contributed by atoms with Crippen LogP contribution in [-0.4, -0.2) is 44.2 Å². The van der Waals surface area contributed by atoms with Crippen molar-refractivity contribution in [2.24, 2.45) is 0 Å². The van der Waals surface area contributed by atoms with Gasteiger partial charge in [-0.15, -0.1) is 0 Å². The topological polar surface area (TPSA) is 117 Å². The maximum absolute atomic E-state index is 13.2. The monoisotopic (exact) mass is 486 g/mol. The molecule has 1 aromatic heterocycles. The quantitative estimate of drug-likeness (QED) is 0.369. The fourth-order valence-electron chi connectivity index (χ4n) is 3.52. The third kappa shape index (κ3) is 5.10. The highest BCUT2D eigenvalue weighted by Gasteiger charge is 2.19. The number of nitrogens with one attached hydrogen (secondary N) is 1. The zero-order valence-electron chi connectivity index (χ0n) is 19.7. The number of hydrogen-bond acceptors (Lipinski definition) is 8. The minimum Gasteiger partial charge on any atom is -0.497 e. The van der Waals surface area contributed by atoms with Gasteiger partial charge in [0.2, 0.25) is 5.89 Å². The molecule has 1 heterocycles. The smallest absolute Gasteiger partial charge is 0.337 e. The van der Waals surface area contributed by atoms with Crippen molar-refractivity contribution in [3.63, 3.8) is 0 Å². The molecule has 0 unspecified atom stereocenters. The molecule has 0 bridgehead atoms. The summed E-state index contributed by atoms with van der Waals surface area (Å²) in [7, 11) is 4.03. The summed E-state index contributed by atoms with van der Waals surface area (Å²) in [6.45, 7) is 0. The molecule has 3 aromatic carbocycles. The van der Waals surface area contributed by atoms with Gasteiger partial charge >= 0.3 is 11.9 Å². The Morgan fingerprint density at radius 2 is 1.47 bits per heavy atom. The minimum atomic E-state index is -0.664. The van der Waals surface area contributed by atoms with E-state index in [9.17, 15) is 14.4 Å². The highest BCUT2D eigenvalue weighted by Crippen LogP contribution is 2.30. The maximum atomic E-state index is 13.2. The molecule has 0 aliphatic rings. The van der Waals surface area contributed by atoms with Crippen LogP contribution < -0.4 is 10.1 Å². The molecule has 0 atom stereocenters. The fraction of sp³-hybridized carbons (Fsp3) is 0.111. The summed E-state index contributed by atoms with van der Waals surface area (Å²) in [6, 6.07) is 18.2. The third-order valence-corrected chi connectivity index (χ3v) is 5.32. The first kappa shape index (κ1) is 24.2. The number of benzene rings is 3. The van der Waals surface area contributed by atoms with Crippen molar-refractivity contribution >= 4 is 23.5 Å². The SMILES string of the molecule is COC(=O)c1cc(NC(=O)c2ccccc2-c2ncc(-c3ccc(OC)cc3)o2)cc(C(=O)OC)c1. The van der Waals surface area contributed by atoms with Crippen LogP contribution in [0, 0.1) is 0 Å². The molecular formula is C27H22N2O7. The Labute approximate surface area is 206 Å². The van der Waals surface area contributed by atoms with Crippen molar-refractivity contribution < 1.29 is 33.0 Å². The first-order valence-corrected chi connectivity index (χ1v) is 10.8. The van der Waals surface area contributed by atoms with E-state index < -0.39 is 17.8 Å². The van der Waals surface area contributed by atoms with Gasteiger partial charge in [0.25, 0.3) is 5.91 Å². The van der Waals surface area contributed by atoms with Crippen molar-refractivity contribution in [2.45, 2.75) is 0 Å². The summed E-state index contributed by atoms with van der Waals surface area (Å²) >= 11 is 0. The predicted molar refractivity (Wildman–Crippen MR) is 131 cm³/mol. The Hall–Kier alpha value is -4.92. The molecule has 0 radical (unpaired) electrons. The van der Waals surface area contributed by atoms with Crippen LogP contribution in [0.25, 0.3) is 22.8 Å². The molecular weight excluding hydrogens is 464 g/mol. The van der Waals surface area contributed by atoms with Gasteiger partial charge < -0.3 is 23.9 Å². The van der Waals surface area contributed by atoms with E-state index in [1.54, 1.807) is 37.6 Å². The van der Waals surface area contributed by atoms with E-state index in [4.69, 9.17) is 18.6 Å². The zero-order chi connectivity index (χ0) is 25.7. The van der Waals surface area contributed by atoms with Gasteiger partial charge in [-0.3, -0.25) is 4.79 Å². The van der Waals surface area contributed by atoms with Crippen LogP contribution in [0.3, 0.4) is 0 Å². The van der Waals surface area contributed by atoms with Crippen LogP contribution in [0.5, 0.6) is 5.75 Å². The lowest BCUT2D eigenvalue weighted by atomic mass is 10.1. The van der Waals surface area contributed by atoms with E-state index >= 15 is 0 Å². The van der Waals surface area contributed by atoms with Gasteiger partial charge in [-0.2, -0.15) is 0 Å². The Balaban J connectivity index is 1.64. The van der Waals surface area contributed by atoms with E-state index in [1.807, 2.05) is 24.3 Å². The van der Waals surface area contributed by atoms with Gasteiger partial charge in [0, 0.05) is 16.8 Å². The molecule has 0 spiro atoms. The van der Waals surface area contributed by atoms with Crippen molar-refractivity contribution in [3.05, 3.63) is 89.6 Å². The molecule has 4 rings (SSSR count). The molecule has 9 nitrogen and oxygen atoms in total. The highest BCUT2D eigenvalue weighted by atomic mass is 16.5. The van der Waals surface area contributed by atoms with Crippen molar-refractivity contribution in [2.75, 3.05) is 26.6 Å². The Bertz CT molecular complexity index is 1390. The molecule has 1 amide bonds. The molecule has 0 aliphatic heterocycles. The Morgan fingerprint density at radius 3 is 2.08 bits per heavy atom. The molecule has 1 N–H and O–H groups in total. The average molecular weight is 486 g/mol. The van der Waals surface area contributed by atoms with Crippen LogP contribution in [0.1, 0.15) is 31.1 Å².